The van der Waals surface area contributed by atoms with Crippen LogP contribution in [0.2, 0.25) is 0 Å². The van der Waals surface area contributed by atoms with Gasteiger partial charge in [0.1, 0.15) is 0 Å². The van der Waals surface area contributed by atoms with Gasteiger partial charge in [0.15, 0.2) is 0 Å². The molecular weight excluding hydrogens is 174 g/mol. The van der Waals surface area contributed by atoms with E-state index in [-0.39, 0.29) is 11.8 Å². The van der Waals surface area contributed by atoms with Crippen molar-refractivity contribution in [2.45, 2.75) is 19.8 Å². The summed E-state index contributed by atoms with van der Waals surface area (Å²) < 4.78 is 0. The van der Waals surface area contributed by atoms with Gasteiger partial charge in [-0.15, -0.1) is 11.8 Å². The molecule has 0 unspecified atom stereocenters. The number of imide groups is 1. The Bertz CT molecular complexity index is 235. The van der Waals surface area contributed by atoms with E-state index in [9.17, 15) is 9.59 Å². The minimum atomic E-state index is -0.293. The van der Waals surface area contributed by atoms with Gasteiger partial charge in [0.2, 0.25) is 0 Å². The molecule has 66 valence electrons. The molecule has 12 heavy (non-hydrogen) atoms. The van der Waals surface area contributed by atoms with Crippen LogP contribution in [0.4, 0.5) is 0 Å². The van der Waals surface area contributed by atoms with Gasteiger partial charge in [0.05, 0.1) is 4.91 Å². The minimum absolute atomic E-state index is 0.249. The van der Waals surface area contributed by atoms with E-state index >= 15 is 0 Å². The van der Waals surface area contributed by atoms with Crippen molar-refractivity contribution in [3.05, 3.63) is 11.0 Å². The first-order valence-corrected chi connectivity index (χ1v) is 4.92. The van der Waals surface area contributed by atoms with E-state index in [0.717, 1.165) is 18.6 Å². The fraction of sp³-hybridized carbons (Fsp3) is 0.500. The molecule has 0 aliphatic carbocycles. The summed E-state index contributed by atoms with van der Waals surface area (Å²) in [6.07, 6.45) is 3.54. The Balaban J connectivity index is 2.36. The normalized spacial score (nSPS) is 16.2. The van der Waals surface area contributed by atoms with E-state index in [4.69, 9.17) is 0 Å². The van der Waals surface area contributed by atoms with Crippen molar-refractivity contribution < 1.29 is 9.59 Å². The number of carbonyl (C=O) groups is 2. The lowest BCUT2D eigenvalue weighted by Crippen LogP contribution is -2.21. The highest BCUT2D eigenvalue weighted by molar-refractivity contribution is 8.04. The first-order valence-electron chi connectivity index (χ1n) is 3.94. The van der Waals surface area contributed by atoms with Gasteiger partial charge in [-0.2, -0.15) is 0 Å². The molecule has 0 radical (unpaired) electrons. The minimum Gasteiger partial charge on any atom is -0.288 e. The zero-order valence-corrected chi connectivity index (χ0v) is 7.74. The molecule has 4 heteroatoms. The molecule has 0 aromatic carbocycles. The number of rotatable bonds is 4. The smallest absolute Gasteiger partial charge is 0.264 e. The summed E-state index contributed by atoms with van der Waals surface area (Å²) in [7, 11) is 0. The largest absolute Gasteiger partial charge is 0.288 e. The molecule has 0 aromatic rings. The Hall–Kier alpha value is -0.770. The van der Waals surface area contributed by atoms with Crippen LogP contribution in [0.15, 0.2) is 11.0 Å². The molecule has 1 heterocycles. The summed E-state index contributed by atoms with van der Waals surface area (Å²) in [4.78, 5) is 22.2. The lowest BCUT2D eigenvalue weighted by molar-refractivity contribution is -0.123. The van der Waals surface area contributed by atoms with Crippen LogP contribution in [0.25, 0.3) is 0 Å². The molecule has 1 rings (SSSR count). The van der Waals surface area contributed by atoms with E-state index in [1.54, 1.807) is 0 Å². The van der Waals surface area contributed by atoms with Gasteiger partial charge in [0, 0.05) is 6.08 Å². The summed E-state index contributed by atoms with van der Waals surface area (Å²) >= 11 is 1.45. The summed E-state index contributed by atoms with van der Waals surface area (Å²) in [5.41, 5.74) is 0. The lowest BCUT2D eigenvalue weighted by atomic mass is 10.4. The van der Waals surface area contributed by atoms with Crippen LogP contribution in [0.3, 0.4) is 0 Å². The third kappa shape index (κ3) is 2.37. The fourth-order valence-corrected chi connectivity index (χ4v) is 1.85. The van der Waals surface area contributed by atoms with E-state index in [0.29, 0.717) is 4.91 Å². The average molecular weight is 185 g/mol. The molecule has 1 aliphatic heterocycles. The molecule has 0 saturated carbocycles. The predicted octanol–water partition coefficient (Wildman–Crippen LogP) is 1.06. The predicted molar refractivity (Wildman–Crippen MR) is 48.6 cm³/mol. The summed E-state index contributed by atoms with van der Waals surface area (Å²) in [6.45, 7) is 2.09. The zero-order valence-electron chi connectivity index (χ0n) is 6.92. The maximum Gasteiger partial charge on any atom is 0.264 e. The SMILES string of the molecule is CCCCSC1=CC(=O)NC1=O. The first-order chi connectivity index (χ1) is 5.74. The van der Waals surface area contributed by atoms with Crippen molar-refractivity contribution >= 4 is 23.6 Å². The van der Waals surface area contributed by atoms with Crippen LogP contribution in [-0.4, -0.2) is 17.6 Å². The van der Waals surface area contributed by atoms with Crippen LogP contribution >= 0.6 is 11.8 Å². The molecular formula is C8H11NO2S. The number of carbonyl (C=O) groups excluding carboxylic acids is 2. The summed E-state index contributed by atoms with van der Waals surface area (Å²) in [6, 6.07) is 0. The van der Waals surface area contributed by atoms with Gasteiger partial charge in [-0.05, 0) is 12.2 Å². The second-order valence-corrected chi connectivity index (χ2v) is 3.67. The highest BCUT2D eigenvalue weighted by Crippen LogP contribution is 2.19. The van der Waals surface area contributed by atoms with Gasteiger partial charge in [-0.3, -0.25) is 14.9 Å². The van der Waals surface area contributed by atoms with Crippen molar-refractivity contribution in [3.63, 3.8) is 0 Å². The number of amides is 2. The first kappa shape index (κ1) is 9.32. The van der Waals surface area contributed by atoms with Crippen molar-refractivity contribution in [3.8, 4) is 0 Å². The zero-order chi connectivity index (χ0) is 8.97. The third-order valence-corrected chi connectivity index (χ3v) is 2.59. The molecule has 3 nitrogen and oxygen atoms in total. The second kappa shape index (κ2) is 4.30. The van der Waals surface area contributed by atoms with Gasteiger partial charge in [0.25, 0.3) is 11.8 Å². The molecule has 0 bridgehead atoms. The van der Waals surface area contributed by atoms with Crippen LogP contribution in [-0.2, 0) is 9.59 Å². The van der Waals surface area contributed by atoms with Crippen molar-refractivity contribution in [2.75, 3.05) is 5.75 Å². The monoisotopic (exact) mass is 185 g/mol. The molecule has 0 aromatic heterocycles. The van der Waals surface area contributed by atoms with Crippen molar-refractivity contribution in [1.29, 1.82) is 0 Å². The number of unbranched alkanes of at least 4 members (excludes halogenated alkanes) is 1. The highest BCUT2D eigenvalue weighted by Gasteiger charge is 2.20. The van der Waals surface area contributed by atoms with Crippen LogP contribution < -0.4 is 5.32 Å². The topological polar surface area (TPSA) is 46.2 Å². The van der Waals surface area contributed by atoms with E-state index in [2.05, 4.69) is 12.2 Å². The number of nitrogens with one attached hydrogen (secondary N) is 1. The van der Waals surface area contributed by atoms with Crippen molar-refractivity contribution in [2.24, 2.45) is 0 Å². The fourth-order valence-electron chi connectivity index (χ4n) is 0.828. The second-order valence-electron chi connectivity index (χ2n) is 2.53. The summed E-state index contributed by atoms with van der Waals surface area (Å²) in [5.74, 6) is 0.364. The van der Waals surface area contributed by atoms with E-state index < -0.39 is 0 Å². The molecule has 1 N–H and O–H groups in total. The quantitative estimate of drug-likeness (QED) is 0.526. The Morgan fingerprint density at radius 3 is 2.75 bits per heavy atom. The van der Waals surface area contributed by atoms with Gasteiger partial charge < -0.3 is 0 Å². The van der Waals surface area contributed by atoms with E-state index in [1.165, 1.54) is 17.8 Å². The summed E-state index contributed by atoms with van der Waals surface area (Å²) in [5, 5.41) is 2.20. The van der Waals surface area contributed by atoms with Gasteiger partial charge in [-0.25, -0.2) is 0 Å². The maximum absolute atomic E-state index is 11.0. The van der Waals surface area contributed by atoms with Gasteiger partial charge in [-0.1, -0.05) is 13.3 Å². The van der Waals surface area contributed by atoms with E-state index in [1.807, 2.05) is 0 Å². The number of thioether (sulfide) groups is 1. The standard InChI is InChI=1S/C8H11NO2S/c1-2-3-4-12-6-5-7(10)9-8(6)11/h5H,2-4H2,1H3,(H,9,10,11). The molecule has 0 fully saturated rings. The highest BCUT2D eigenvalue weighted by atomic mass is 32.2. The lowest BCUT2D eigenvalue weighted by Gasteiger charge is -1.97. The maximum atomic E-state index is 11.0. The molecule has 1 aliphatic rings. The Morgan fingerprint density at radius 1 is 1.50 bits per heavy atom. The number of hydrogen-bond acceptors (Lipinski definition) is 3. The van der Waals surface area contributed by atoms with Gasteiger partial charge >= 0.3 is 0 Å². The Morgan fingerprint density at radius 2 is 2.25 bits per heavy atom. The van der Waals surface area contributed by atoms with Crippen LogP contribution in [0.1, 0.15) is 19.8 Å². The Kier molecular flexibility index (Phi) is 3.34. The average Bonchev–Trinajstić information content (AvgIpc) is 2.31. The molecule has 0 saturated heterocycles. The molecule has 0 spiro atoms. The third-order valence-electron chi connectivity index (χ3n) is 1.48. The van der Waals surface area contributed by atoms with Crippen molar-refractivity contribution in [1.82, 2.24) is 5.32 Å². The molecule has 0 atom stereocenters. The van der Waals surface area contributed by atoms with Crippen LogP contribution in [0.5, 0.6) is 0 Å². The van der Waals surface area contributed by atoms with Crippen LogP contribution in [0, 0.1) is 0 Å². The molecule has 2 amide bonds. The number of hydrogen-bond donors (Lipinski definition) is 1. The Labute approximate surface area is 75.6 Å².